The third-order valence-corrected chi connectivity index (χ3v) is 4.91. The highest BCUT2D eigenvalue weighted by Crippen LogP contribution is 2.23. The van der Waals surface area contributed by atoms with E-state index in [1.165, 1.54) is 16.7 Å². The van der Waals surface area contributed by atoms with E-state index in [2.05, 4.69) is 20.8 Å². The Hall–Kier alpha value is -3.68. The van der Waals surface area contributed by atoms with E-state index in [9.17, 15) is 14.0 Å². The first-order valence-corrected chi connectivity index (χ1v) is 9.29. The Labute approximate surface area is 165 Å². The van der Waals surface area contributed by atoms with Crippen molar-refractivity contribution in [3.63, 3.8) is 0 Å². The lowest BCUT2D eigenvalue weighted by atomic mass is 10.1. The maximum atomic E-state index is 13.6. The third kappa shape index (κ3) is 3.44. The molecule has 0 saturated heterocycles. The van der Waals surface area contributed by atoms with Gasteiger partial charge in [-0.3, -0.25) is 25.0 Å². The highest BCUT2D eigenvalue weighted by atomic mass is 19.1. The summed E-state index contributed by atoms with van der Waals surface area (Å²) in [5.74, 6) is -0.432. The first kappa shape index (κ1) is 18.7. The van der Waals surface area contributed by atoms with E-state index >= 15 is 0 Å². The van der Waals surface area contributed by atoms with E-state index < -0.39 is 0 Å². The molecule has 7 nitrogen and oxygen atoms in total. The number of aryl methyl sites for hydroxylation is 1. The molecule has 2 aromatic carbocycles. The van der Waals surface area contributed by atoms with Crippen molar-refractivity contribution in [2.75, 3.05) is 5.43 Å². The zero-order chi connectivity index (χ0) is 20.5. The molecule has 0 aliphatic carbocycles. The molecular weight excluding hydrogens is 373 g/mol. The first-order chi connectivity index (χ1) is 14.0. The predicted molar refractivity (Wildman–Crippen MR) is 110 cm³/mol. The molecule has 0 bridgehead atoms. The summed E-state index contributed by atoms with van der Waals surface area (Å²) in [6, 6.07) is 11.5. The number of benzene rings is 2. The minimum Gasteiger partial charge on any atom is -0.358 e. The van der Waals surface area contributed by atoms with Crippen molar-refractivity contribution < 1.29 is 9.18 Å². The van der Waals surface area contributed by atoms with Crippen molar-refractivity contribution in [2.24, 2.45) is 0 Å². The second-order valence-corrected chi connectivity index (χ2v) is 6.77. The smallest absolute Gasteiger partial charge is 0.262 e. The molecule has 4 rings (SSSR count). The molecule has 4 aromatic rings. The number of rotatable bonds is 5. The quantitative estimate of drug-likeness (QED) is 0.455. The summed E-state index contributed by atoms with van der Waals surface area (Å²) in [5.41, 5.74) is 8.00. The Morgan fingerprint density at radius 1 is 1.21 bits per heavy atom. The van der Waals surface area contributed by atoms with Crippen molar-refractivity contribution in [1.82, 2.24) is 20.0 Å². The maximum absolute atomic E-state index is 13.6. The second-order valence-electron chi connectivity index (χ2n) is 6.77. The van der Waals surface area contributed by atoms with Crippen LogP contribution in [0.2, 0.25) is 0 Å². The molecule has 0 atom stereocenters. The van der Waals surface area contributed by atoms with Crippen LogP contribution in [-0.4, -0.2) is 20.4 Å². The summed E-state index contributed by atoms with van der Waals surface area (Å²) in [6.45, 7) is 4.07. The zero-order valence-corrected chi connectivity index (χ0v) is 16.0. The Balaban J connectivity index is 1.57. The lowest BCUT2D eigenvalue weighted by Crippen LogP contribution is -2.35. The van der Waals surface area contributed by atoms with Crippen molar-refractivity contribution in [2.45, 2.75) is 26.8 Å². The van der Waals surface area contributed by atoms with Crippen LogP contribution in [0.25, 0.3) is 21.8 Å². The van der Waals surface area contributed by atoms with Crippen LogP contribution in [0.15, 0.2) is 47.3 Å². The molecule has 0 saturated carbocycles. The Bertz CT molecular complexity index is 1290. The minimum absolute atomic E-state index is 0.0478. The van der Waals surface area contributed by atoms with Crippen LogP contribution in [0.5, 0.6) is 0 Å². The van der Waals surface area contributed by atoms with Gasteiger partial charge in [-0.1, -0.05) is 12.1 Å². The van der Waals surface area contributed by atoms with Crippen LogP contribution in [0.4, 0.5) is 10.3 Å². The van der Waals surface area contributed by atoms with Gasteiger partial charge in [-0.15, -0.1) is 0 Å². The fourth-order valence-corrected chi connectivity index (χ4v) is 3.47. The summed E-state index contributed by atoms with van der Waals surface area (Å²) in [7, 11) is 0. The number of carbonyl (C=O) groups excluding carboxylic acids is 1. The van der Waals surface area contributed by atoms with Gasteiger partial charge in [0.25, 0.3) is 5.56 Å². The highest BCUT2D eigenvalue weighted by Gasteiger charge is 2.14. The van der Waals surface area contributed by atoms with Crippen LogP contribution in [-0.2, 0) is 17.8 Å². The number of para-hydroxylation sites is 1. The first-order valence-electron chi connectivity index (χ1n) is 9.29. The number of hydrazine groups is 1. The zero-order valence-electron chi connectivity index (χ0n) is 16.0. The number of H-pyrrole nitrogens is 1. The molecule has 29 heavy (non-hydrogen) atoms. The Morgan fingerprint density at radius 3 is 2.79 bits per heavy atom. The number of aromatic nitrogens is 3. The van der Waals surface area contributed by atoms with Crippen molar-refractivity contribution in [3.05, 3.63) is 69.9 Å². The number of halogens is 1. The largest absolute Gasteiger partial charge is 0.358 e. The highest BCUT2D eigenvalue weighted by molar-refractivity contribution is 5.90. The number of carbonyl (C=O) groups is 1. The minimum atomic E-state index is -0.358. The summed E-state index contributed by atoms with van der Waals surface area (Å²) >= 11 is 0. The molecule has 0 fully saturated rings. The molecule has 0 radical (unpaired) electrons. The number of nitrogens with one attached hydrogen (secondary N) is 3. The third-order valence-electron chi connectivity index (χ3n) is 4.91. The van der Waals surface area contributed by atoms with Crippen molar-refractivity contribution in [1.29, 1.82) is 0 Å². The second kappa shape index (κ2) is 7.38. The van der Waals surface area contributed by atoms with E-state index in [1.54, 1.807) is 30.3 Å². The molecule has 1 amide bonds. The van der Waals surface area contributed by atoms with Crippen LogP contribution in [0.1, 0.15) is 18.2 Å². The summed E-state index contributed by atoms with van der Waals surface area (Å²) in [6.07, 6.45) is 0.0478. The van der Waals surface area contributed by atoms with Crippen molar-refractivity contribution in [3.8, 4) is 0 Å². The van der Waals surface area contributed by atoms with Crippen LogP contribution >= 0.6 is 0 Å². The van der Waals surface area contributed by atoms with Gasteiger partial charge in [-0.2, -0.15) is 0 Å². The van der Waals surface area contributed by atoms with E-state index in [-0.39, 0.29) is 29.7 Å². The average Bonchev–Trinajstić information content (AvgIpc) is 3.01. The van der Waals surface area contributed by atoms with Gasteiger partial charge >= 0.3 is 0 Å². The number of nitrogens with zero attached hydrogens (tertiary/aromatic N) is 2. The number of aromatic amines is 1. The molecule has 8 heteroatoms. The lowest BCUT2D eigenvalue weighted by molar-refractivity contribution is -0.119. The molecule has 0 spiro atoms. The van der Waals surface area contributed by atoms with E-state index in [4.69, 9.17) is 0 Å². The number of anilines is 1. The number of hydrogen-bond donors (Lipinski definition) is 3. The van der Waals surface area contributed by atoms with Crippen LogP contribution < -0.4 is 16.4 Å². The topological polar surface area (TPSA) is 91.8 Å². The molecule has 0 aliphatic rings. The Kier molecular flexibility index (Phi) is 4.75. The van der Waals surface area contributed by atoms with Gasteiger partial charge in [-0.25, -0.2) is 9.37 Å². The predicted octanol–water partition coefficient (Wildman–Crippen LogP) is 3.03. The fraction of sp³-hybridized carbons (Fsp3) is 0.190. The van der Waals surface area contributed by atoms with Gasteiger partial charge in [0.2, 0.25) is 11.9 Å². The van der Waals surface area contributed by atoms with Gasteiger partial charge in [0.15, 0.2) is 0 Å². The van der Waals surface area contributed by atoms with Crippen molar-refractivity contribution >= 4 is 33.7 Å². The Morgan fingerprint density at radius 2 is 2.00 bits per heavy atom. The maximum Gasteiger partial charge on any atom is 0.262 e. The fourth-order valence-electron chi connectivity index (χ4n) is 3.47. The number of amides is 1. The lowest BCUT2D eigenvalue weighted by Gasteiger charge is -2.14. The van der Waals surface area contributed by atoms with Crippen LogP contribution in [0, 0.1) is 12.7 Å². The number of hydrogen-bond acceptors (Lipinski definition) is 4. The normalized spacial score (nSPS) is 11.1. The van der Waals surface area contributed by atoms with E-state index in [0.29, 0.717) is 22.8 Å². The average molecular weight is 393 g/mol. The SMILES string of the molecule is CCn1c(NNC(=O)Cc2c(C)[nH]c3ccc(F)cc23)nc2ccccc2c1=O. The number of fused-ring (bicyclic) bond motifs is 2. The van der Waals surface area contributed by atoms with Gasteiger partial charge in [-0.05, 0) is 49.7 Å². The summed E-state index contributed by atoms with van der Waals surface area (Å²) < 4.78 is 15.1. The molecule has 2 aromatic heterocycles. The molecule has 0 aliphatic heterocycles. The van der Waals surface area contributed by atoms with Gasteiger partial charge < -0.3 is 4.98 Å². The van der Waals surface area contributed by atoms with Gasteiger partial charge in [0, 0.05) is 23.1 Å². The molecule has 0 unspecified atom stereocenters. The summed E-state index contributed by atoms with van der Waals surface area (Å²) in [5, 5.41) is 1.19. The molecule has 3 N–H and O–H groups in total. The van der Waals surface area contributed by atoms with Crippen LogP contribution in [0.3, 0.4) is 0 Å². The van der Waals surface area contributed by atoms with E-state index in [0.717, 1.165) is 16.8 Å². The summed E-state index contributed by atoms with van der Waals surface area (Å²) in [4.78, 5) is 32.7. The van der Waals surface area contributed by atoms with E-state index in [1.807, 2.05) is 13.8 Å². The van der Waals surface area contributed by atoms with Gasteiger partial charge in [0.05, 0.1) is 17.3 Å². The monoisotopic (exact) mass is 393 g/mol. The standard InChI is InChI=1S/C21H20FN5O2/c1-3-27-20(29)14-6-4-5-7-17(14)24-21(27)26-25-19(28)11-15-12(2)23-18-9-8-13(22)10-16(15)18/h4-10,23H,3,11H2,1-2H3,(H,24,26)(H,25,28). The molecule has 148 valence electrons. The molecule has 2 heterocycles. The molecular formula is C21H20FN5O2. The van der Waals surface area contributed by atoms with Gasteiger partial charge in [0.1, 0.15) is 5.82 Å².